The van der Waals surface area contributed by atoms with Crippen LogP contribution in [0, 0.1) is 17.3 Å². The largest absolute Gasteiger partial charge is 0.481 e. The van der Waals surface area contributed by atoms with Gasteiger partial charge in [-0.05, 0) is 64.2 Å². The fourth-order valence-electron chi connectivity index (χ4n) is 5.22. The van der Waals surface area contributed by atoms with Crippen molar-refractivity contribution in [3.05, 3.63) is 0 Å². The van der Waals surface area contributed by atoms with Crippen molar-refractivity contribution in [2.24, 2.45) is 17.3 Å². The number of carbonyl (C=O) groups is 2. The highest BCUT2D eigenvalue weighted by molar-refractivity contribution is 5.76. The SMILES string of the molecule is CCC(C)(C)C(=O)OC12CC3CC(CC(OCCC(=O)O)(C3)C1)C2. The van der Waals surface area contributed by atoms with Crippen LogP contribution in [-0.2, 0) is 19.1 Å². The molecule has 0 saturated heterocycles. The van der Waals surface area contributed by atoms with Crippen LogP contribution in [0.2, 0.25) is 0 Å². The van der Waals surface area contributed by atoms with Crippen LogP contribution in [0.15, 0.2) is 0 Å². The molecule has 0 radical (unpaired) electrons. The number of aliphatic carboxylic acids is 1. The van der Waals surface area contributed by atoms with E-state index in [0.29, 0.717) is 11.8 Å². The van der Waals surface area contributed by atoms with Crippen LogP contribution in [0.25, 0.3) is 0 Å². The van der Waals surface area contributed by atoms with E-state index < -0.39 is 17.0 Å². The third kappa shape index (κ3) is 3.32. The van der Waals surface area contributed by atoms with Gasteiger partial charge in [0.25, 0.3) is 0 Å². The van der Waals surface area contributed by atoms with E-state index in [9.17, 15) is 9.59 Å². The molecule has 4 bridgehead atoms. The van der Waals surface area contributed by atoms with E-state index in [1.807, 2.05) is 20.8 Å². The first-order valence-corrected chi connectivity index (χ1v) is 9.27. The van der Waals surface area contributed by atoms with Gasteiger partial charge in [-0.25, -0.2) is 0 Å². The molecule has 4 aliphatic rings. The lowest BCUT2D eigenvalue weighted by Gasteiger charge is -2.61. The first-order valence-electron chi connectivity index (χ1n) is 9.27. The van der Waals surface area contributed by atoms with E-state index in [0.717, 1.165) is 38.5 Å². The van der Waals surface area contributed by atoms with Gasteiger partial charge in [-0.15, -0.1) is 0 Å². The van der Waals surface area contributed by atoms with E-state index >= 15 is 0 Å². The maximum atomic E-state index is 12.6. The molecule has 0 amide bonds. The lowest BCUT2D eigenvalue weighted by Crippen LogP contribution is -2.62. The summed E-state index contributed by atoms with van der Waals surface area (Å²) in [6, 6.07) is 0. The molecule has 4 fully saturated rings. The summed E-state index contributed by atoms with van der Waals surface area (Å²) in [6.07, 6.45) is 6.58. The van der Waals surface area contributed by atoms with Crippen LogP contribution in [0.3, 0.4) is 0 Å². The number of esters is 1. The molecule has 4 saturated carbocycles. The van der Waals surface area contributed by atoms with Gasteiger partial charge in [0.05, 0.1) is 24.0 Å². The number of carboxylic acids is 1. The molecular formula is C19H30O5. The van der Waals surface area contributed by atoms with Gasteiger partial charge in [0, 0.05) is 6.42 Å². The average Bonchev–Trinajstić information content (AvgIpc) is 2.44. The number of hydrogen-bond acceptors (Lipinski definition) is 4. The minimum Gasteiger partial charge on any atom is -0.481 e. The quantitative estimate of drug-likeness (QED) is 0.719. The van der Waals surface area contributed by atoms with Gasteiger partial charge in [-0.1, -0.05) is 6.92 Å². The molecule has 0 aliphatic heterocycles. The standard InChI is InChI=1S/C19H30O5/c1-4-17(2,3)16(22)24-19-10-13-7-14(11-19)9-18(8-13,12-19)23-6-5-15(20)21/h13-14H,4-12H2,1-3H3,(H,20,21). The fourth-order valence-corrected chi connectivity index (χ4v) is 5.22. The second kappa shape index (κ2) is 6.01. The zero-order chi connectivity index (χ0) is 17.6. The molecular weight excluding hydrogens is 308 g/mol. The van der Waals surface area contributed by atoms with Crippen molar-refractivity contribution >= 4 is 11.9 Å². The Morgan fingerprint density at radius 2 is 1.71 bits per heavy atom. The number of carboxylic acid groups (broad SMARTS) is 1. The highest BCUT2D eigenvalue weighted by atomic mass is 16.6. The van der Waals surface area contributed by atoms with Crippen molar-refractivity contribution in [1.29, 1.82) is 0 Å². The molecule has 0 aromatic carbocycles. The van der Waals surface area contributed by atoms with Crippen LogP contribution >= 0.6 is 0 Å². The molecule has 4 rings (SSSR count). The van der Waals surface area contributed by atoms with Gasteiger partial charge in [0.15, 0.2) is 0 Å². The maximum absolute atomic E-state index is 12.6. The van der Waals surface area contributed by atoms with Crippen molar-refractivity contribution in [3.8, 4) is 0 Å². The third-order valence-electron chi connectivity index (χ3n) is 6.42. The second-order valence-electron chi connectivity index (χ2n) is 8.95. The summed E-state index contributed by atoms with van der Waals surface area (Å²) in [4.78, 5) is 23.4. The Morgan fingerprint density at radius 3 is 2.25 bits per heavy atom. The molecule has 2 atom stereocenters. The van der Waals surface area contributed by atoms with Crippen molar-refractivity contribution in [2.45, 2.75) is 83.3 Å². The Labute approximate surface area is 144 Å². The highest BCUT2D eigenvalue weighted by Crippen LogP contribution is 2.60. The lowest BCUT2D eigenvalue weighted by atomic mass is 9.52. The normalized spacial score (nSPS) is 37.5. The average molecular weight is 338 g/mol. The zero-order valence-electron chi connectivity index (χ0n) is 15.1. The minimum atomic E-state index is -0.828. The monoisotopic (exact) mass is 338 g/mol. The summed E-state index contributed by atoms with van der Waals surface area (Å²) < 4.78 is 12.2. The Kier molecular flexibility index (Phi) is 4.44. The molecule has 24 heavy (non-hydrogen) atoms. The van der Waals surface area contributed by atoms with Crippen molar-refractivity contribution in [3.63, 3.8) is 0 Å². The Morgan fingerprint density at radius 1 is 1.12 bits per heavy atom. The molecule has 0 aromatic heterocycles. The summed E-state index contributed by atoms with van der Waals surface area (Å²) in [7, 11) is 0. The zero-order valence-corrected chi connectivity index (χ0v) is 15.1. The van der Waals surface area contributed by atoms with Gasteiger partial charge in [0.2, 0.25) is 0 Å². The Bertz CT molecular complexity index is 510. The molecule has 4 aliphatic carbocycles. The van der Waals surface area contributed by atoms with Crippen molar-refractivity contribution in [1.82, 2.24) is 0 Å². The number of hydrogen-bond donors (Lipinski definition) is 1. The summed E-state index contributed by atoms with van der Waals surface area (Å²) in [5.41, 5.74) is -1.13. The van der Waals surface area contributed by atoms with Crippen molar-refractivity contribution in [2.75, 3.05) is 6.61 Å². The smallest absolute Gasteiger partial charge is 0.312 e. The molecule has 0 aromatic rings. The Hall–Kier alpha value is -1.10. The van der Waals surface area contributed by atoms with Crippen LogP contribution in [0.4, 0.5) is 0 Å². The van der Waals surface area contributed by atoms with Gasteiger partial charge in [0.1, 0.15) is 5.60 Å². The maximum Gasteiger partial charge on any atom is 0.312 e. The number of rotatable bonds is 7. The second-order valence-corrected chi connectivity index (χ2v) is 8.95. The third-order valence-corrected chi connectivity index (χ3v) is 6.42. The summed E-state index contributed by atoms with van der Waals surface area (Å²) in [5, 5.41) is 8.86. The van der Waals surface area contributed by atoms with Crippen LogP contribution in [-0.4, -0.2) is 34.9 Å². The highest BCUT2D eigenvalue weighted by Gasteiger charge is 2.60. The van der Waals surface area contributed by atoms with Crippen LogP contribution in [0.5, 0.6) is 0 Å². The van der Waals surface area contributed by atoms with Crippen molar-refractivity contribution < 1.29 is 24.2 Å². The van der Waals surface area contributed by atoms with E-state index in [2.05, 4.69) is 0 Å². The van der Waals surface area contributed by atoms with Gasteiger partial charge < -0.3 is 14.6 Å². The first-order chi connectivity index (χ1) is 11.2. The molecule has 0 heterocycles. The molecule has 2 unspecified atom stereocenters. The van der Waals surface area contributed by atoms with Gasteiger partial charge in [-0.3, -0.25) is 9.59 Å². The van der Waals surface area contributed by atoms with Gasteiger partial charge in [-0.2, -0.15) is 0 Å². The fraction of sp³-hybridized carbons (Fsp3) is 0.895. The van der Waals surface area contributed by atoms with E-state index in [1.165, 1.54) is 6.42 Å². The predicted molar refractivity (Wildman–Crippen MR) is 88.5 cm³/mol. The van der Waals surface area contributed by atoms with E-state index in [1.54, 1.807) is 0 Å². The molecule has 1 N–H and O–H groups in total. The predicted octanol–water partition coefficient (Wildman–Crippen LogP) is 3.55. The molecule has 5 nitrogen and oxygen atoms in total. The van der Waals surface area contributed by atoms with Gasteiger partial charge >= 0.3 is 11.9 Å². The summed E-state index contributed by atoms with van der Waals surface area (Å²) in [5.74, 6) is 0.139. The molecule has 136 valence electrons. The summed E-state index contributed by atoms with van der Waals surface area (Å²) >= 11 is 0. The molecule has 5 heteroatoms. The first kappa shape index (κ1) is 17.7. The van der Waals surface area contributed by atoms with E-state index in [4.69, 9.17) is 14.6 Å². The van der Waals surface area contributed by atoms with E-state index in [-0.39, 0.29) is 24.6 Å². The van der Waals surface area contributed by atoms with Crippen LogP contribution in [0.1, 0.15) is 72.1 Å². The molecule has 0 spiro atoms. The topological polar surface area (TPSA) is 72.8 Å². The number of carbonyl (C=O) groups excluding carboxylic acids is 1. The number of ether oxygens (including phenoxy) is 2. The summed E-state index contributed by atoms with van der Waals surface area (Å²) in [6.45, 7) is 6.14. The van der Waals surface area contributed by atoms with Crippen LogP contribution < -0.4 is 0 Å². The Balaban J connectivity index is 1.73. The minimum absolute atomic E-state index is 0.0345. The lowest BCUT2D eigenvalue weighted by molar-refractivity contribution is -0.238.